The van der Waals surface area contributed by atoms with Crippen LogP contribution in [0.5, 0.6) is 11.5 Å². The number of rotatable bonds is 7. The molecule has 1 fully saturated rings. The van der Waals surface area contributed by atoms with Crippen molar-refractivity contribution in [1.82, 2.24) is 4.90 Å². The number of nitrogens with zero attached hydrogens (tertiary/aromatic N) is 1. The molecule has 4 aliphatic rings. The SMILES string of the molecule is COc1ccc2c3c1O[C@H]1C(OC(=O)CCN)=CC[C@@]4(OC(=O)CCN)[C@H](C2)N(C)CC[C@]314. The Labute approximate surface area is 193 Å². The predicted molar refractivity (Wildman–Crippen MR) is 119 cm³/mol. The molecule has 9 nitrogen and oxygen atoms in total. The number of hydrogen-bond donors (Lipinski definition) is 2. The second kappa shape index (κ2) is 8.00. The lowest BCUT2D eigenvalue weighted by Gasteiger charge is -2.62. The Morgan fingerprint density at radius 1 is 1.21 bits per heavy atom. The van der Waals surface area contributed by atoms with Crippen LogP contribution in [0, 0.1) is 0 Å². The van der Waals surface area contributed by atoms with Crippen LogP contribution in [0.15, 0.2) is 24.0 Å². The van der Waals surface area contributed by atoms with Gasteiger partial charge in [-0.1, -0.05) is 6.07 Å². The summed E-state index contributed by atoms with van der Waals surface area (Å²) in [5, 5.41) is 0. The van der Waals surface area contributed by atoms with Crippen LogP contribution in [0.2, 0.25) is 0 Å². The molecule has 0 unspecified atom stereocenters. The molecule has 4 N–H and O–H groups in total. The van der Waals surface area contributed by atoms with E-state index in [1.807, 2.05) is 12.1 Å². The highest BCUT2D eigenvalue weighted by molar-refractivity contribution is 5.74. The van der Waals surface area contributed by atoms with Crippen LogP contribution in [0.4, 0.5) is 0 Å². The average molecular weight is 458 g/mol. The standard InChI is InChI=1S/C24H31N3O6/c1-27-12-9-23-20-14-3-4-15(30-2)21(20)32-22(23)16(31-18(28)6-10-25)5-8-24(23,17(27)13-14)33-19(29)7-11-26/h3-5,17,22H,6-13,25-26H2,1-2H3/t17-,22-,23-,24+/m0/s1. The summed E-state index contributed by atoms with van der Waals surface area (Å²) in [4.78, 5) is 27.6. The molecule has 178 valence electrons. The Hall–Kier alpha value is -2.62. The van der Waals surface area contributed by atoms with Crippen molar-refractivity contribution in [3.63, 3.8) is 0 Å². The van der Waals surface area contributed by atoms with E-state index in [0.29, 0.717) is 36.5 Å². The predicted octanol–water partition coefficient (Wildman–Crippen LogP) is 0.765. The molecule has 2 aliphatic carbocycles. The molecule has 9 heteroatoms. The Morgan fingerprint density at radius 3 is 2.70 bits per heavy atom. The molecule has 0 aromatic heterocycles. The van der Waals surface area contributed by atoms with Crippen LogP contribution >= 0.6 is 0 Å². The third kappa shape index (κ3) is 2.95. The van der Waals surface area contributed by atoms with E-state index in [1.54, 1.807) is 7.11 Å². The summed E-state index contributed by atoms with van der Waals surface area (Å²) in [5.41, 5.74) is 11.8. The third-order valence-electron chi connectivity index (χ3n) is 7.74. The van der Waals surface area contributed by atoms with E-state index in [4.69, 9.17) is 30.4 Å². The molecule has 5 rings (SSSR count). The zero-order valence-corrected chi connectivity index (χ0v) is 19.1. The maximum atomic E-state index is 12.9. The maximum Gasteiger partial charge on any atom is 0.312 e. The monoisotopic (exact) mass is 457 g/mol. The van der Waals surface area contributed by atoms with Gasteiger partial charge in [-0.25, -0.2) is 0 Å². The molecule has 0 saturated carbocycles. The molecule has 0 radical (unpaired) electrons. The number of hydrogen-bond acceptors (Lipinski definition) is 9. The van der Waals surface area contributed by atoms with Crippen LogP contribution in [-0.4, -0.2) is 68.4 Å². The van der Waals surface area contributed by atoms with Crippen molar-refractivity contribution in [3.05, 3.63) is 35.1 Å². The molecule has 1 aromatic carbocycles. The van der Waals surface area contributed by atoms with Crippen LogP contribution < -0.4 is 20.9 Å². The number of ether oxygens (including phenoxy) is 4. The van der Waals surface area contributed by atoms with Gasteiger partial charge in [-0.3, -0.25) is 14.5 Å². The highest BCUT2D eigenvalue weighted by Crippen LogP contribution is 2.66. The quantitative estimate of drug-likeness (QED) is 0.571. The number of piperidine rings is 1. The fraction of sp³-hybridized carbons (Fsp3) is 0.583. The number of likely N-dealkylation sites (N-methyl/N-ethyl adjacent to an activating group) is 1. The van der Waals surface area contributed by atoms with Gasteiger partial charge in [-0.2, -0.15) is 0 Å². The van der Waals surface area contributed by atoms with E-state index in [9.17, 15) is 9.59 Å². The minimum absolute atomic E-state index is 0.0523. The minimum Gasteiger partial charge on any atom is -0.493 e. The van der Waals surface area contributed by atoms with Crippen molar-refractivity contribution in [1.29, 1.82) is 0 Å². The number of carbonyl (C=O) groups excluding carboxylic acids is 2. The van der Waals surface area contributed by atoms with Crippen molar-refractivity contribution >= 4 is 11.9 Å². The first-order valence-corrected chi connectivity index (χ1v) is 11.5. The van der Waals surface area contributed by atoms with Crippen molar-refractivity contribution in [2.24, 2.45) is 11.5 Å². The normalized spacial score (nSPS) is 31.2. The van der Waals surface area contributed by atoms with Crippen LogP contribution in [-0.2, 0) is 30.9 Å². The Kier molecular flexibility index (Phi) is 5.38. The highest BCUT2D eigenvalue weighted by Gasteiger charge is 2.74. The lowest BCUT2D eigenvalue weighted by Crippen LogP contribution is -2.75. The lowest BCUT2D eigenvalue weighted by atomic mass is 9.50. The van der Waals surface area contributed by atoms with E-state index in [-0.39, 0.29) is 37.9 Å². The van der Waals surface area contributed by atoms with Gasteiger partial charge in [0.05, 0.1) is 31.4 Å². The van der Waals surface area contributed by atoms with Gasteiger partial charge in [0, 0.05) is 25.1 Å². The number of methoxy groups -OCH3 is 1. The molecular formula is C24H31N3O6. The molecule has 2 aliphatic heterocycles. The van der Waals surface area contributed by atoms with Gasteiger partial charge in [0.15, 0.2) is 17.6 Å². The van der Waals surface area contributed by atoms with E-state index in [0.717, 1.165) is 17.7 Å². The number of esters is 2. The summed E-state index contributed by atoms with van der Waals surface area (Å²) in [6, 6.07) is 3.93. The lowest BCUT2D eigenvalue weighted by molar-refractivity contribution is -0.206. The second-order valence-electron chi connectivity index (χ2n) is 9.28. The number of likely N-dealkylation sites (tertiary alicyclic amines) is 1. The maximum absolute atomic E-state index is 12.9. The van der Waals surface area contributed by atoms with Crippen molar-refractivity contribution in [2.45, 2.75) is 55.3 Å². The summed E-state index contributed by atoms with van der Waals surface area (Å²) >= 11 is 0. The second-order valence-corrected chi connectivity index (χ2v) is 9.28. The van der Waals surface area contributed by atoms with Gasteiger partial charge in [-0.05, 0) is 44.1 Å². The van der Waals surface area contributed by atoms with Gasteiger partial charge in [0.2, 0.25) is 0 Å². The first-order chi connectivity index (χ1) is 15.9. The number of nitrogens with two attached hydrogens (primary N) is 2. The number of carbonyl (C=O) groups is 2. The first-order valence-electron chi connectivity index (χ1n) is 11.5. The molecule has 4 atom stereocenters. The van der Waals surface area contributed by atoms with Gasteiger partial charge < -0.3 is 30.4 Å². The van der Waals surface area contributed by atoms with Crippen LogP contribution in [0.1, 0.15) is 36.8 Å². The topological polar surface area (TPSA) is 126 Å². The fourth-order valence-corrected chi connectivity index (χ4v) is 6.43. The van der Waals surface area contributed by atoms with Crippen molar-refractivity contribution in [2.75, 3.05) is 33.8 Å². The molecule has 33 heavy (non-hydrogen) atoms. The summed E-state index contributed by atoms with van der Waals surface area (Å²) in [6.45, 7) is 1.21. The summed E-state index contributed by atoms with van der Waals surface area (Å²) in [7, 11) is 3.67. The molecule has 1 spiro atoms. The minimum atomic E-state index is -0.870. The zero-order valence-electron chi connectivity index (χ0n) is 19.1. The molecule has 2 heterocycles. The van der Waals surface area contributed by atoms with E-state index in [1.165, 1.54) is 0 Å². The molecular weight excluding hydrogens is 426 g/mol. The molecule has 1 aromatic rings. The first kappa shape index (κ1) is 22.2. The number of benzene rings is 1. The Bertz CT molecular complexity index is 1030. The van der Waals surface area contributed by atoms with Gasteiger partial charge in [0.1, 0.15) is 11.4 Å². The molecule has 1 saturated heterocycles. The smallest absolute Gasteiger partial charge is 0.312 e. The Morgan fingerprint density at radius 2 is 1.97 bits per heavy atom. The third-order valence-corrected chi connectivity index (χ3v) is 7.74. The fourth-order valence-electron chi connectivity index (χ4n) is 6.43. The van der Waals surface area contributed by atoms with Gasteiger partial charge >= 0.3 is 11.9 Å². The zero-order chi connectivity index (χ0) is 23.4. The van der Waals surface area contributed by atoms with Gasteiger partial charge in [0.25, 0.3) is 0 Å². The van der Waals surface area contributed by atoms with Crippen molar-refractivity contribution < 1.29 is 28.5 Å². The molecule has 2 bridgehead atoms. The Balaban J connectivity index is 1.71. The van der Waals surface area contributed by atoms with E-state index >= 15 is 0 Å². The average Bonchev–Trinajstić information content (AvgIpc) is 3.14. The van der Waals surface area contributed by atoms with Crippen molar-refractivity contribution in [3.8, 4) is 11.5 Å². The largest absolute Gasteiger partial charge is 0.493 e. The summed E-state index contributed by atoms with van der Waals surface area (Å²) in [6.07, 6.45) is 3.30. The highest BCUT2D eigenvalue weighted by atomic mass is 16.6. The van der Waals surface area contributed by atoms with Crippen LogP contribution in [0.3, 0.4) is 0 Å². The summed E-state index contributed by atoms with van der Waals surface area (Å²) < 4.78 is 24.4. The van der Waals surface area contributed by atoms with Gasteiger partial charge in [-0.15, -0.1) is 0 Å². The van der Waals surface area contributed by atoms with Crippen LogP contribution in [0.25, 0.3) is 0 Å². The van der Waals surface area contributed by atoms with E-state index < -0.39 is 23.1 Å². The molecule has 0 amide bonds. The summed E-state index contributed by atoms with van der Waals surface area (Å²) in [5.74, 6) is 0.982. The van der Waals surface area contributed by atoms with E-state index in [2.05, 4.69) is 18.0 Å².